The number of carbonyl (C=O) groups excluding carboxylic acids is 1. The molecule has 0 saturated heterocycles. The van der Waals surface area contributed by atoms with Crippen LogP contribution in [0.5, 0.6) is 5.75 Å². The summed E-state index contributed by atoms with van der Waals surface area (Å²) in [6.07, 6.45) is 0. The van der Waals surface area contributed by atoms with E-state index in [0.717, 1.165) is 11.3 Å². The van der Waals surface area contributed by atoms with Crippen molar-refractivity contribution in [3.05, 3.63) is 58.6 Å². The highest BCUT2D eigenvalue weighted by Gasteiger charge is 2.23. The van der Waals surface area contributed by atoms with Gasteiger partial charge < -0.3 is 10.1 Å². The molecule has 2 aromatic carbocycles. The molecule has 140 valence electrons. The van der Waals surface area contributed by atoms with E-state index < -0.39 is 0 Å². The van der Waals surface area contributed by atoms with E-state index in [4.69, 9.17) is 16.3 Å². The minimum atomic E-state index is -0.216. The second-order valence-corrected chi connectivity index (χ2v) is 8.99. The van der Waals surface area contributed by atoms with Crippen molar-refractivity contribution in [2.24, 2.45) is 0 Å². The molecule has 0 saturated carbocycles. The number of carbonyl (C=O) groups is 1. The number of rotatable bonds is 4. The van der Waals surface area contributed by atoms with E-state index in [1.165, 1.54) is 5.56 Å². The van der Waals surface area contributed by atoms with Crippen LogP contribution in [-0.4, -0.2) is 12.5 Å². The Labute approximate surface area is 161 Å². The van der Waals surface area contributed by atoms with E-state index in [1.54, 1.807) is 24.3 Å². The molecular weight excluding hydrogens is 346 g/mol. The van der Waals surface area contributed by atoms with Crippen LogP contribution >= 0.6 is 11.6 Å². The standard InChI is InChI=1S/C22H28ClNO2/c1-21(2,3)15-10-11-19(18(12-15)22(4,5)6)26-14-20(25)24-17-9-7-8-16(23)13-17/h7-13H,14H2,1-6H3,(H,24,25). The Bertz CT molecular complexity index is 785. The summed E-state index contributed by atoms with van der Waals surface area (Å²) in [6.45, 7) is 13.0. The molecule has 2 aromatic rings. The van der Waals surface area contributed by atoms with Gasteiger partial charge in [-0.2, -0.15) is 0 Å². The van der Waals surface area contributed by atoms with Crippen LogP contribution in [0.4, 0.5) is 5.69 Å². The van der Waals surface area contributed by atoms with Crippen LogP contribution in [0.25, 0.3) is 0 Å². The van der Waals surface area contributed by atoms with Gasteiger partial charge in [-0.3, -0.25) is 4.79 Å². The van der Waals surface area contributed by atoms with Gasteiger partial charge in [0, 0.05) is 10.7 Å². The van der Waals surface area contributed by atoms with Crippen LogP contribution < -0.4 is 10.1 Å². The highest BCUT2D eigenvalue weighted by Crippen LogP contribution is 2.35. The van der Waals surface area contributed by atoms with E-state index >= 15 is 0 Å². The smallest absolute Gasteiger partial charge is 0.262 e. The Balaban J connectivity index is 2.14. The zero-order valence-corrected chi connectivity index (χ0v) is 17.2. The molecule has 2 rings (SSSR count). The van der Waals surface area contributed by atoms with E-state index in [1.807, 2.05) is 6.07 Å². The first-order valence-corrected chi connectivity index (χ1v) is 9.18. The Morgan fingerprint density at radius 1 is 1.00 bits per heavy atom. The number of hydrogen-bond donors (Lipinski definition) is 1. The molecule has 0 atom stereocenters. The molecule has 0 aliphatic carbocycles. The zero-order chi connectivity index (χ0) is 19.5. The molecule has 0 aliphatic heterocycles. The molecule has 1 amide bonds. The Morgan fingerprint density at radius 2 is 1.69 bits per heavy atom. The lowest BCUT2D eigenvalue weighted by atomic mass is 9.80. The van der Waals surface area contributed by atoms with Crippen LogP contribution in [0, 0.1) is 0 Å². The predicted molar refractivity (Wildman–Crippen MR) is 109 cm³/mol. The summed E-state index contributed by atoms with van der Waals surface area (Å²) < 4.78 is 5.85. The normalized spacial score (nSPS) is 12.0. The molecular formula is C22H28ClNO2. The topological polar surface area (TPSA) is 38.3 Å². The lowest BCUT2D eigenvalue weighted by molar-refractivity contribution is -0.118. The lowest BCUT2D eigenvalue weighted by Gasteiger charge is -2.27. The quantitative estimate of drug-likeness (QED) is 0.718. The fraction of sp³-hybridized carbons (Fsp3) is 0.409. The molecule has 0 bridgehead atoms. The first-order valence-electron chi connectivity index (χ1n) is 8.80. The van der Waals surface area contributed by atoms with Crippen molar-refractivity contribution in [2.45, 2.75) is 52.4 Å². The van der Waals surface area contributed by atoms with Gasteiger partial charge in [0.2, 0.25) is 0 Å². The van der Waals surface area contributed by atoms with Crippen molar-refractivity contribution >= 4 is 23.2 Å². The molecule has 0 unspecified atom stereocenters. The van der Waals surface area contributed by atoms with Gasteiger partial charge >= 0.3 is 0 Å². The molecule has 4 heteroatoms. The average Bonchev–Trinajstić information content (AvgIpc) is 2.51. The predicted octanol–water partition coefficient (Wildman–Crippen LogP) is 5.95. The summed E-state index contributed by atoms with van der Waals surface area (Å²) in [5.41, 5.74) is 2.98. The highest BCUT2D eigenvalue weighted by atomic mass is 35.5. The van der Waals surface area contributed by atoms with Gasteiger partial charge in [0.05, 0.1) is 0 Å². The Kier molecular flexibility index (Phi) is 6.02. The zero-order valence-electron chi connectivity index (χ0n) is 16.4. The van der Waals surface area contributed by atoms with Crippen LogP contribution in [-0.2, 0) is 15.6 Å². The van der Waals surface area contributed by atoms with Crippen molar-refractivity contribution in [1.82, 2.24) is 0 Å². The third-order valence-electron chi connectivity index (χ3n) is 4.12. The van der Waals surface area contributed by atoms with Crippen LogP contribution in [0.15, 0.2) is 42.5 Å². The molecule has 0 spiro atoms. The van der Waals surface area contributed by atoms with Crippen molar-refractivity contribution in [3.63, 3.8) is 0 Å². The molecule has 0 aliphatic rings. The number of hydrogen-bond acceptors (Lipinski definition) is 2. The maximum Gasteiger partial charge on any atom is 0.262 e. The first kappa shape index (κ1) is 20.3. The van der Waals surface area contributed by atoms with E-state index in [2.05, 4.69) is 59.0 Å². The average molecular weight is 374 g/mol. The van der Waals surface area contributed by atoms with Gasteiger partial charge in [-0.1, -0.05) is 71.3 Å². The minimum absolute atomic E-state index is 0.0511. The summed E-state index contributed by atoms with van der Waals surface area (Å²) in [4.78, 5) is 12.2. The molecule has 0 radical (unpaired) electrons. The first-order chi connectivity index (χ1) is 12.0. The largest absolute Gasteiger partial charge is 0.483 e. The Hall–Kier alpha value is -2.00. The third kappa shape index (κ3) is 5.50. The van der Waals surface area contributed by atoms with Crippen molar-refractivity contribution in [1.29, 1.82) is 0 Å². The number of nitrogens with one attached hydrogen (secondary N) is 1. The number of benzene rings is 2. The number of ether oxygens (including phenoxy) is 1. The van der Waals surface area contributed by atoms with E-state index in [0.29, 0.717) is 10.7 Å². The highest BCUT2D eigenvalue weighted by molar-refractivity contribution is 6.30. The molecule has 0 aromatic heterocycles. The van der Waals surface area contributed by atoms with Gasteiger partial charge in [-0.15, -0.1) is 0 Å². The van der Waals surface area contributed by atoms with Crippen LogP contribution in [0.2, 0.25) is 5.02 Å². The monoisotopic (exact) mass is 373 g/mol. The van der Waals surface area contributed by atoms with Crippen LogP contribution in [0.1, 0.15) is 52.7 Å². The van der Waals surface area contributed by atoms with Gasteiger partial charge in [0.15, 0.2) is 6.61 Å². The lowest BCUT2D eigenvalue weighted by Crippen LogP contribution is -2.22. The fourth-order valence-electron chi connectivity index (χ4n) is 2.62. The van der Waals surface area contributed by atoms with Crippen molar-refractivity contribution in [3.8, 4) is 5.75 Å². The van der Waals surface area contributed by atoms with E-state index in [-0.39, 0.29) is 23.3 Å². The SMILES string of the molecule is CC(C)(C)c1ccc(OCC(=O)Nc2cccc(Cl)c2)c(C(C)(C)C)c1. The summed E-state index contributed by atoms with van der Waals surface area (Å²) >= 11 is 5.94. The second kappa shape index (κ2) is 7.71. The van der Waals surface area contributed by atoms with Gasteiger partial charge in [0.25, 0.3) is 5.91 Å². The summed E-state index contributed by atoms with van der Waals surface area (Å²) in [7, 11) is 0. The number of halogens is 1. The molecule has 0 fully saturated rings. The van der Waals surface area contributed by atoms with Crippen molar-refractivity contribution in [2.75, 3.05) is 11.9 Å². The summed E-state index contributed by atoms with van der Waals surface area (Å²) in [6, 6.07) is 13.3. The number of anilines is 1. The number of amides is 1. The second-order valence-electron chi connectivity index (χ2n) is 8.56. The van der Waals surface area contributed by atoms with E-state index in [9.17, 15) is 4.79 Å². The summed E-state index contributed by atoms with van der Waals surface area (Å²) in [5.74, 6) is 0.527. The third-order valence-corrected chi connectivity index (χ3v) is 4.36. The maximum atomic E-state index is 12.2. The van der Waals surface area contributed by atoms with Crippen LogP contribution in [0.3, 0.4) is 0 Å². The van der Waals surface area contributed by atoms with Gasteiger partial charge in [-0.05, 0) is 46.2 Å². The van der Waals surface area contributed by atoms with Gasteiger partial charge in [0.1, 0.15) is 5.75 Å². The molecule has 26 heavy (non-hydrogen) atoms. The molecule has 3 nitrogen and oxygen atoms in total. The molecule has 1 N–H and O–H groups in total. The Morgan fingerprint density at radius 3 is 2.27 bits per heavy atom. The maximum absolute atomic E-state index is 12.2. The molecule has 0 heterocycles. The minimum Gasteiger partial charge on any atom is -0.483 e. The van der Waals surface area contributed by atoms with Gasteiger partial charge in [-0.25, -0.2) is 0 Å². The fourth-order valence-corrected chi connectivity index (χ4v) is 2.81. The summed E-state index contributed by atoms with van der Waals surface area (Å²) in [5, 5.41) is 3.38. The van der Waals surface area contributed by atoms with Crippen molar-refractivity contribution < 1.29 is 9.53 Å².